The van der Waals surface area contributed by atoms with Crippen molar-refractivity contribution in [3.8, 4) is 0 Å². The standard InChI is InChI=1S/C7H8.C2H2N2O4/c1-7-5-3-2-4-6-7;5-1(6)3-4-2(7)8/h2-6H,1H3;(H,5,6)(H,7,8). The molecular weight excluding hydrogens is 200 g/mol. The van der Waals surface area contributed by atoms with Crippen molar-refractivity contribution in [2.45, 2.75) is 6.92 Å². The highest BCUT2D eigenvalue weighted by Gasteiger charge is 1.91. The monoisotopic (exact) mass is 210 g/mol. The van der Waals surface area contributed by atoms with Gasteiger partial charge in [-0.25, -0.2) is 9.59 Å². The number of aryl methyl sites for hydroxylation is 1. The third-order valence-electron chi connectivity index (χ3n) is 1.16. The number of benzene rings is 1. The van der Waals surface area contributed by atoms with Crippen molar-refractivity contribution in [2.24, 2.45) is 10.2 Å². The highest BCUT2D eigenvalue weighted by Crippen LogP contribution is 1.92. The summed E-state index contributed by atoms with van der Waals surface area (Å²) in [7, 11) is 0. The maximum Gasteiger partial charge on any atom is 0.450 e. The highest BCUT2D eigenvalue weighted by atomic mass is 16.4. The van der Waals surface area contributed by atoms with E-state index in [-0.39, 0.29) is 0 Å². The lowest BCUT2D eigenvalue weighted by molar-refractivity contribution is 0.194. The second-order valence-corrected chi connectivity index (χ2v) is 2.42. The zero-order chi connectivity index (χ0) is 11.7. The lowest BCUT2D eigenvalue weighted by Gasteiger charge is -1.82. The number of nitrogens with zero attached hydrogens (tertiary/aromatic N) is 2. The van der Waals surface area contributed by atoms with E-state index in [9.17, 15) is 9.59 Å². The van der Waals surface area contributed by atoms with Gasteiger partial charge in [0.1, 0.15) is 0 Å². The van der Waals surface area contributed by atoms with Gasteiger partial charge < -0.3 is 10.2 Å². The Bertz CT molecular complexity index is 332. The molecule has 1 rings (SSSR count). The Morgan fingerprint density at radius 3 is 1.60 bits per heavy atom. The molecule has 2 N–H and O–H groups in total. The number of amides is 2. The minimum absolute atomic E-state index is 1.32. The maximum atomic E-state index is 9.38. The largest absolute Gasteiger partial charge is 0.462 e. The summed E-state index contributed by atoms with van der Waals surface area (Å²) in [6, 6.07) is 10.3. The normalized spacial score (nSPS) is 9.13. The van der Waals surface area contributed by atoms with Crippen molar-refractivity contribution >= 4 is 12.2 Å². The summed E-state index contributed by atoms with van der Waals surface area (Å²) in [5.74, 6) is 0. The SMILES string of the molecule is Cc1ccccc1.O=C(O)N=NC(=O)O. The Morgan fingerprint density at radius 2 is 1.40 bits per heavy atom. The van der Waals surface area contributed by atoms with Crippen LogP contribution in [0.25, 0.3) is 0 Å². The Labute approximate surface area is 85.9 Å². The predicted octanol–water partition coefficient (Wildman–Crippen LogP) is 2.79. The van der Waals surface area contributed by atoms with Crippen LogP contribution in [0.1, 0.15) is 5.56 Å². The zero-order valence-corrected chi connectivity index (χ0v) is 7.99. The first-order chi connectivity index (χ1) is 7.02. The molecule has 0 aliphatic heterocycles. The molecular formula is C9H10N2O4. The van der Waals surface area contributed by atoms with Gasteiger partial charge in [0.15, 0.2) is 0 Å². The molecule has 0 radical (unpaired) electrons. The number of carbonyl (C=O) groups is 2. The van der Waals surface area contributed by atoms with Gasteiger partial charge in [0, 0.05) is 0 Å². The van der Waals surface area contributed by atoms with Crippen LogP contribution in [0.2, 0.25) is 0 Å². The van der Waals surface area contributed by atoms with Crippen LogP contribution in [0.5, 0.6) is 0 Å². The van der Waals surface area contributed by atoms with Crippen LogP contribution in [0.15, 0.2) is 40.6 Å². The smallest absolute Gasteiger partial charge is 0.450 e. The second-order valence-electron chi connectivity index (χ2n) is 2.42. The molecule has 1 aromatic carbocycles. The number of hydrogen-bond donors (Lipinski definition) is 2. The van der Waals surface area contributed by atoms with Crippen molar-refractivity contribution in [3.05, 3.63) is 35.9 Å². The maximum absolute atomic E-state index is 9.38. The van der Waals surface area contributed by atoms with Gasteiger partial charge in [-0.2, -0.15) is 0 Å². The summed E-state index contributed by atoms with van der Waals surface area (Å²) in [4.78, 5) is 18.8. The van der Waals surface area contributed by atoms with Crippen LogP contribution in [0, 0.1) is 6.92 Å². The number of hydrogen-bond acceptors (Lipinski definition) is 2. The molecule has 15 heavy (non-hydrogen) atoms. The Hall–Kier alpha value is -2.24. The molecule has 0 fully saturated rings. The predicted molar refractivity (Wildman–Crippen MR) is 52.1 cm³/mol. The van der Waals surface area contributed by atoms with Crippen molar-refractivity contribution in [3.63, 3.8) is 0 Å². The van der Waals surface area contributed by atoms with Crippen LogP contribution in [-0.4, -0.2) is 22.4 Å². The minimum Gasteiger partial charge on any atom is -0.462 e. The van der Waals surface area contributed by atoms with E-state index < -0.39 is 12.2 Å². The minimum atomic E-state index is -1.62. The van der Waals surface area contributed by atoms with Gasteiger partial charge in [0.2, 0.25) is 0 Å². The van der Waals surface area contributed by atoms with Gasteiger partial charge in [-0.3, -0.25) is 0 Å². The van der Waals surface area contributed by atoms with Gasteiger partial charge in [0.05, 0.1) is 0 Å². The Kier molecular flexibility index (Phi) is 6.12. The number of carboxylic acid groups (broad SMARTS) is 2. The summed E-state index contributed by atoms with van der Waals surface area (Å²) in [5, 5.41) is 19.8. The van der Waals surface area contributed by atoms with Crippen molar-refractivity contribution in [1.29, 1.82) is 0 Å². The molecule has 0 atom stereocenters. The molecule has 0 aromatic heterocycles. The quantitative estimate of drug-likeness (QED) is 0.643. The van der Waals surface area contributed by atoms with Gasteiger partial charge in [-0.15, -0.1) is 0 Å². The molecule has 0 bridgehead atoms. The number of azo groups is 1. The summed E-state index contributed by atoms with van der Waals surface area (Å²) in [5.41, 5.74) is 1.32. The van der Waals surface area contributed by atoms with E-state index in [0.717, 1.165) is 0 Å². The second kappa shape index (κ2) is 7.19. The fourth-order valence-corrected chi connectivity index (χ4v) is 0.620. The van der Waals surface area contributed by atoms with Crippen LogP contribution in [0.3, 0.4) is 0 Å². The van der Waals surface area contributed by atoms with Crippen molar-refractivity contribution in [2.75, 3.05) is 0 Å². The third-order valence-corrected chi connectivity index (χ3v) is 1.16. The van der Waals surface area contributed by atoms with Gasteiger partial charge in [0.25, 0.3) is 0 Å². The van der Waals surface area contributed by atoms with E-state index in [1.165, 1.54) is 5.56 Å². The molecule has 0 spiro atoms. The van der Waals surface area contributed by atoms with Gasteiger partial charge in [-0.1, -0.05) is 46.1 Å². The molecule has 1 aromatic rings. The van der Waals surface area contributed by atoms with E-state index in [1.54, 1.807) is 0 Å². The average molecular weight is 210 g/mol. The molecule has 0 heterocycles. The van der Waals surface area contributed by atoms with E-state index >= 15 is 0 Å². The van der Waals surface area contributed by atoms with E-state index in [4.69, 9.17) is 10.2 Å². The Balaban J connectivity index is 0.000000262. The average Bonchev–Trinajstić information content (AvgIpc) is 2.17. The van der Waals surface area contributed by atoms with Crippen molar-refractivity contribution < 1.29 is 19.8 Å². The zero-order valence-electron chi connectivity index (χ0n) is 7.99. The molecule has 2 amide bonds. The fraction of sp³-hybridized carbons (Fsp3) is 0.111. The molecule has 6 nitrogen and oxygen atoms in total. The number of rotatable bonds is 0. The van der Waals surface area contributed by atoms with Gasteiger partial charge in [-0.05, 0) is 6.92 Å². The third kappa shape index (κ3) is 9.68. The molecule has 0 saturated carbocycles. The van der Waals surface area contributed by atoms with Crippen LogP contribution in [-0.2, 0) is 0 Å². The van der Waals surface area contributed by atoms with E-state index in [0.29, 0.717) is 0 Å². The summed E-state index contributed by atoms with van der Waals surface area (Å²) < 4.78 is 0. The molecule has 80 valence electrons. The Morgan fingerprint density at radius 1 is 1.00 bits per heavy atom. The summed E-state index contributed by atoms with van der Waals surface area (Å²) >= 11 is 0. The summed E-state index contributed by atoms with van der Waals surface area (Å²) in [6.07, 6.45) is -3.24. The van der Waals surface area contributed by atoms with Crippen molar-refractivity contribution in [1.82, 2.24) is 0 Å². The van der Waals surface area contributed by atoms with Gasteiger partial charge >= 0.3 is 12.2 Å². The first-order valence-corrected chi connectivity index (χ1v) is 3.91. The summed E-state index contributed by atoms with van der Waals surface area (Å²) in [6.45, 7) is 2.08. The molecule has 0 unspecified atom stereocenters. The van der Waals surface area contributed by atoms with E-state index in [2.05, 4.69) is 29.3 Å². The first kappa shape index (κ1) is 12.8. The lowest BCUT2D eigenvalue weighted by atomic mass is 10.2. The molecule has 0 aliphatic rings. The first-order valence-electron chi connectivity index (χ1n) is 3.91. The van der Waals surface area contributed by atoms with E-state index in [1.807, 2.05) is 18.2 Å². The molecule has 0 aliphatic carbocycles. The topological polar surface area (TPSA) is 99.3 Å². The highest BCUT2D eigenvalue weighted by molar-refractivity contribution is 5.70. The van der Waals surface area contributed by atoms with Crippen LogP contribution >= 0.6 is 0 Å². The van der Waals surface area contributed by atoms with Crippen LogP contribution in [0.4, 0.5) is 9.59 Å². The lowest BCUT2D eigenvalue weighted by Crippen LogP contribution is -1.87. The molecule has 6 heteroatoms. The molecule has 0 saturated heterocycles. The van der Waals surface area contributed by atoms with Crippen LogP contribution < -0.4 is 0 Å². The fourth-order valence-electron chi connectivity index (χ4n) is 0.620.